The Morgan fingerprint density at radius 1 is 1.07 bits per heavy atom. The highest BCUT2D eigenvalue weighted by Crippen LogP contribution is 2.23. The average Bonchev–Trinajstić information content (AvgIpc) is 3.23. The smallest absolute Gasteiger partial charge is 0.258 e. The fraction of sp³-hybridized carbons (Fsp3) is 0.238. The summed E-state index contributed by atoms with van der Waals surface area (Å²) in [4.78, 5) is 21.3. The van der Waals surface area contributed by atoms with Crippen molar-refractivity contribution in [1.29, 1.82) is 0 Å². The molecule has 5 nitrogen and oxygen atoms in total. The van der Waals surface area contributed by atoms with Crippen molar-refractivity contribution in [3.05, 3.63) is 71.0 Å². The first-order valence-electron chi connectivity index (χ1n) is 9.17. The van der Waals surface area contributed by atoms with Crippen molar-refractivity contribution in [3.63, 3.8) is 0 Å². The van der Waals surface area contributed by atoms with Gasteiger partial charge in [0.1, 0.15) is 5.82 Å². The van der Waals surface area contributed by atoms with E-state index in [1.54, 1.807) is 24.3 Å². The van der Waals surface area contributed by atoms with Gasteiger partial charge in [0.05, 0.1) is 5.56 Å². The highest BCUT2D eigenvalue weighted by molar-refractivity contribution is 7.13. The lowest BCUT2D eigenvalue weighted by Gasteiger charge is -2.36. The van der Waals surface area contributed by atoms with E-state index >= 15 is 0 Å². The van der Waals surface area contributed by atoms with Gasteiger partial charge in [0.2, 0.25) is 0 Å². The molecule has 0 saturated carbocycles. The van der Waals surface area contributed by atoms with Gasteiger partial charge in [0, 0.05) is 49.1 Å². The molecule has 0 spiro atoms. The van der Waals surface area contributed by atoms with Crippen LogP contribution in [0.5, 0.6) is 0 Å². The van der Waals surface area contributed by atoms with Gasteiger partial charge in [-0.1, -0.05) is 6.07 Å². The Labute approximate surface area is 167 Å². The molecule has 1 aliphatic heterocycles. The third-order valence-electron chi connectivity index (χ3n) is 4.83. The Morgan fingerprint density at radius 3 is 2.43 bits per heavy atom. The number of nitrogens with one attached hydrogen (secondary N) is 1. The minimum absolute atomic E-state index is 0.0491. The Kier molecular flexibility index (Phi) is 5.25. The Bertz CT molecular complexity index is 951. The van der Waals surface area contributed by atoms with Crippen LogP contribution in [0.1, 0.15) is 15.9 Å². The molecule has 1 fully saturated rings. The van der Waals surface area contributed by atoms with E-state index < -0.39 is 11.7 Å². The number of carbonyl (C=O) groups is 1. The number of piperazine rings is 1. The van der Waals surface area contributed by atoms with Crippen molar-refractivity contribution < 1.29 is 9.18 Å². The van der Waals surface area contributed by atoms with Gasteiger partial charge in [0.15, 0.2) is 5.13 Å². The number of nitrogens with zero attached hydrogens (tertiary/aromatic N) is 3. The normalized spacial score (nSPS) is 14.2. The lowest BCUT2D eigenvalue weighted by Crippen LogP contribution is -2.46. The predicted molar refractivity (Wildman–Crippen MR) is 112 cm³/mol. The van der Waals surface area contributed by atoms with Gasteiger partial charge in [-0.15, -0.1) is 11.3 Å². The van der Waals surface area contributed by atoms with Crippen molar-refractivity contribution in [3.8, 4) is 0 Å². The second-order valence-corrected chi connectivity index (χ2v) is 7.65. The summed E-state index contributed by atoms with van der Waals surface area (Å²) in [5, 5.41) is 5.83. The third-order valence-corrected chi connectivity index (χ3v) is 5.66. The first kappa shape index (κ1) is 18.4. The van der Waals surface area contributed by atoms with E-state index in [0.717, 1.165) is 42.6 Å². The number of anilines is 3. The Balaban J connectivity index is 1.37. The largest absolute Gasteiger partial charge is 0.368 e. The van der Waals surface area contributed by atoms with Crippen LogP contribution >= 0.6 is 11.3 Å². The summed E-state index contributed by atoms with van der Waals surface area (Å²) in [6.45, 7) is 5.48. The molecule has 1 aromatic heterocycles. The van der Waals surface area contributed by atoms with Crippen LogP contribution in [0.3, 0.4) is 0 Å². The molecule has 3 aromatic rings. The molecular formula is C21H21FN4OS. The number of hydrogen-bond donors (Lipinski definition) is 1. The molecule has 2 aromatic carbocycles. The molecule has 7 heteroatoms. The van der Waals surface area contributed by atoms with E-state index in [1.807, 2.05) is 35.8 Å². The first-order valence-corrected chi connectivity index (χ1v) is 10.0. The van der Waals surface area contributed by atoms with Gasteiger partial charge in [-0.05, 0) is 48.9 Å². The molecule has 2 heterocycles. The number of amides is 1. The summed E-state index contributed by atoms with van der Waals surface area (Å²) in [5.74, 6) is -0.950. The fourth-order valence-corrected chi connectivity index (χ4v) is 3.98. The summed E-state index contributed by atoms with van der Waals surface area (Å²) in [6, 6.07) is 12.3. The van der Waals surface area contributed by atoms with E-state index in [0.29, 0.717) is 5.69 Å². The number of halogens is 1. The zero-order valence-corrected chi connectivity index (χ0v) is 16.4. The number of rotatable bonds is 4. The van der Waals surface area contributed by atoms with Crippen LogP contribution < -0.4 is 15.1 Å². The minimum Gasteiger partial charge on any atom is -0.368 e. The number of aromatic nitrogens is 1. The molecule has 0 unspecified atom stereocenters. The van der Waals surface area contributed by atoms with Crippen LogP contribution in [0.15, 0.2) is 54.0 Å². The van der Waals surface area contributed by atoms with Crippen molar-refractivity contribution >= 4 is 33.8 Å². The second-order valence-electron chi connectivity index (χ2n) is 6.77. The van der Waals surface area contributed by atoms with Crippen molar-refractivity contribution in [2.75, 3.05) is 41.3 Å². The molecule has 1 aliphatic rings. The maximum Gasteiger partial charge on any atom is 0.258 e. The number of hydrogen-bond acceptors (Lipinski definition) is 5. The molecule has 0 atom stereocenters. The summed E-state index contributed by atoms with van der Waals surface area (Å²) >= 11 is 1.66. The average molecular weight is 396 g/mol. The van der Waals surface area contributed by atoms with Crippen LogP contribution in [-0.2, 0) is 0 Å². The monoisotopic (exact) mass is 396 g/mol. The summed E-state index contributed by atoms with van der Waals surface area (Å²) in [7, 11) is 0. The number of carbonyl (C=O) groups excluding carboxylic acids is 1. The molecule has 1 amide bonds. The lowest BCUT2D eigenvalue weighted by atomic mass is 10.1. The highest BCUT2D eigenvalue weighted by Gasteiger charge is 2.19. The maximum absolute atomic E-state index is 14.0. The molecule has 1 saturated heterocycles. The van der Waals surface area contributed by atoms with Gasteiger partial charge in [0.25, 0.3) is 5.91 Å². The number of aryl methyl sites for hydroxylation is 1. The fourth-order valence-electron chi connectivity index (χ4n) is 3.29. The van der Waals surface area contributed by atoms with E-state index in [9.17, 15) is 9.18 Å². The predicted octanol–water partition coefficient (Wildman–Crippen LogP) is 4.17. The SMILES string of the molecule is Cc1ccc(C(=O)Nc2ccc(N3CCN(c4nccs4)CC3)cc2)c(F)c1. The van der Waals surface area contributed by atoms with Crippen molar-refractivity contribution in [2.24, 2.45) is 0 Å². The standard InChI is InChI=1S/C21H21FN4OS/c1-15-2-7-18(19(22)14-15)20(27)24-16-3-5-17(6-4-16)25-9-11-26(12-10-25)21-23-8-13-28-21/h2-8,13-14H,9-12H2,1H3,(H,24,27). The first-order chi connectivity index (χ1) is 13.6. The Hall–Kier alpha value is -2.93. The zero-order chi connectivity index (χ0) is 19.5. The summed E-state index contributed by atoms with van der Waals surface area (Å²) in [5.41, 5.74) is 2.59. The van der Waals surface area contributed by atoms with E-state index in [2.05, 4.69) is 20.1 Å². The summed E-state index contributed by atoms with van der Waals surface area (Å²) < 4.78 is 14.0. The van der Waals surface area contributed by atoms with Crippen LogP contribution in [-0.4, -0.2) is 37.1 Å². The van der Waals surface area contributed by atoms with Crippen molar-refractivity contribution in [2.45, 2.75) is 6.92 Å². The molecule has 0 aliphatic carbocycles. The molecule has 4 rings (SSSR count). The van der Waals surface area contributed by atoms with Gasteiger partial charge < -0.3 is 15.1 Å². The molecular weight excluding hydrogens is 375 g/mol. The van der Waals surface area contributed by atoms with Crippen LogP contribution in [0.2, 0.25) is 0 Å². The maximum atomic E-state index is 14.0. The van der Waals surface area contributed by atoms with Gasteiger partial charge in [-0.2, -0.15) is 0 Å². The molecule has 0 radical (unpaired) electrons. The number of benzene rings is 2. The van der Waals surface area contributed by atoms with E-state index in [-0.39, 0.29) is 5.56 Å². The summed E-state index contributed by atoms with van der Waals surface area (Å²) in [6.07, 6.45) is 1.84. The topological polar surface area (TPSA) is 48.5 Å². The van der Waals surface area contributed by atoms with Gasteiger partial charge in [-0.25, -0.2) is 9.37 Å². The van der Waals surface area contributed by atoms with Crippen LogP contribution in [0.25, 0.3) is 0 Å². The van der Waals surface area contributed by atoms with E-state index in [1.165, 1.54) is 12.1 Å². The van der Waals surface area contributed by atoms with Gasteiger partial charge >= 0.3 is 0 Å². The molecule has 28 heavy (non-hydrogen) atoms. The Morgan fingerprint density at radius 2 is 1.79 bits per heavy atom. The quantitative estimate of drug-likeness (QED) is 0.719. The van der Waals surface area contributed by atoms with Crippen molar-refractivity contribution in [1.82, 2.24) is 4.98 Å². The van der Waals surface area contributed by atoms with E-state index in [4.69, 9.17) is 0 Å². The van der Waals surface area contributed by atoms with Crippen LogP contribution in [0, 0.1) is 12.7 Å². The second kappa shape index (κ2) is 7.98. The van der Waals surface area contributed by atoms with Crippen LogP contribution in [0.4, 0.5) is 20.9 Å². The molecule has 1 N–H and O–H groups in total. The highest BCUT2D eigenvalue weighted by atomic mass is 32.1. The lowest BCUT2D eigenvalue weighted by molar-refractivity contribution is 0.102. The minimum atomic E-state index is -0.507. The molecule has 0 bridgehead atoms. The number of thiazole rings is 1. The third kappa shape index (κ3) is 3.99. The van der Waals surface area contributed by atoms with Gasteiger partial charge in [-0.3, -0.25) is 4.79 Å². The zero-order valence-electron chi connectivity index (χ0n) is 15.6. The molecule has 144 valence electrons.